The molecule has 18 heavy (non-hydrogen) atoms. The molecule has 0 radical (unpaired) electrons. The van der Waals surface area contributed by atoms with E-state index >= 15 is 0 Å². The first-order valence-corrected chi connectivity index (χ1v) is 6.65. The molecular formula is C14H21N3O. The van der Waals surface area contributed by atoms with Crippen molar-refractivity contribution in [2.75, 3.05) is 19.6 Å². The molecule has 98 valence electrons. The number of pyridine rings is 1. The van der Waals surface area contributed by atoms with Gasteiger partial charge in [-0.15, -0.1) is 0 Å². The molecule has 1 fully saturated rings. The number of likely N-dealkylation sites (tertiary alicyclic amines) is 1. The zero-order chi connectivity index (χ0) is 13.0. The van der Waals surface area contributed by atoms with Crippen LogP contribution >= 0.6 is 0 Å². The van der Waals surface area contributed by atoms with Crippen molar-refractivity contribution in [3.63, 3.8) is 0 Å². The quantitative estimate of drug-likeness (QED) is 0.879. The second-order valence-corrected chi connectivity index (χ2v) is 5.05. The molecule has 1 amide bonds. The van der Waals surface area contributed by atoms with Crippen molar-refractivity contribution < 1.29 is 4.79 Å². The van der Waals surface area contributed by atoms with Gasteiger partial charge in [0.2, 0.25) is 0 Å². The summed E-state index contributed by atoms with van der Waals surface area (Å²) in [6.07, 6.45) is 4.63. The number of rotatable bonds is 3. The lowest BCUT2D eigenvalue weighted by Gasteiger charge is -2.30. The predicted molar refractivity (Wildman–Crippen MR) is 71.3 cm³/mol. The van der Waals surface area contributed by atoms with E-state index in [0.29, 0.717) is 6.54 Å². The highest BCUT2D eigenvalue weighted by molar-refractivity contribution is 5.94. The summed E-state index contributed by atoms with van der Waals surface area (Å²) in [5.41, 5.74) is 7.15. The Hall–Kier alpha value is -1.42. The van der Waals surface area contributed by atoms with E-state index in [1.165, 1.54) is 0 Å². The third kappa shape index (κ3) is 3.07. The Balaban J connectivity index is 2.06. The number of amides is 1. The number of aromatic nitrogens is 1. The lowest BCUT2D eigenvalue weighted by atomic mass is 9.98. The molecule has 2 rings (SSSR count). The highest BCUT2D eigenvalue weighted by Gasteiger charge is 2.21. The van der Waals surface area contributed by atoms with E-state index < -0.39 is 0 Å². The smallest absolute Gasteiger partial charge is 0.253 e. The van der Waals surface area contributed by atoms with Gasteiger partial charge in [-0.05, 0) is 37.4 Å². The van der Waals surface area contributed by atoms with Gasteiger partial charge >= 0.3 is 0 Å². The number of carbonyl (C=O) groups is 1. The van der Waals surface area contributed by atoms with Crippen LogP contribution < -0.4 is 5.73 Å². The molecule has 1 aromatic rings. The van der Waals surface area contributed by atoms with E-state index in [9.17, 15) is 4.79 Å². The summed E-state index contributed by atoms with van der Waals surface area (Å²) in [5.74, 6) is 0.863. The molecule has 0 aromatic carbocycles. The second-order valence-electron chi connectivity index (χ2n) is 5.05. The lowest BCUT2D eigenvalue weighted by molar-refractivity contribution is 0.0697. The normalized spacial score (nSPS) is 16.9. The molecule has 0 aliphatic carbocycles. The fraction of sp³-hybridized carbons (Fsp3) is 0.571. The summed E-state index contributed by atoms with van der Waals surface area (Å²) in [6.45, 7) is 4.54. The number of piperidine rings is 1. The zero-order valence-electron chi connectivity index (χ0n) is 10.9. The van der Waals surface area contributed by atoms with E-state index in [1.807, 2.05) is 11.0 Å². The van der Waals surface area contributed by atoms with Gasteiger partial charge in [-0.25, -0.2) is 0 Å². The van der Waals surface area contributed by atoms with Crippen LogP contribution in [-0.2, 0) is 6.42 Å². The summed E-state index contributed by atoms with van der Waals surface area (Å²) in [6, 6.07) is 3.66. The topological polar surface area (TPSA) is 59.2 Å². The summed E-state index contributed by atoms with van der Waals surface area (Å²) >= 11 is 0. The lowest BCUT2D eigenvalue weighted by Crippen LogP contribution is -2.37. The first kappa shape index (κ1) is 13.0. The molecule has 1 aliphatic heterocycles. The second kappa shape index (κ2) is 5.96. The minimum absolute atomic E-state index is 0.127. The van der Waals surface area contributed by atoms with Crippen LogP contribution in [0.5, 0.6) is 0 Å². The molecule has 0 spiro atoms. The number of hydrogen-bond acceptors (Lipinski definition) is 3. The van der Waals surface area contributed by atoms with Crippen molar-refractivity contribution in [2.24, 2.45) is 11.7 Å². The van der Waals surface area contributed by atoms with Gasteiger partial charge < -0.3 is 10.6 Å². The Kier molecular flexibility index (Phi) is 4.31. The summed E-state index contributed by atoms with van der Waals surface area (Å²) in [4.78, 5) is 18.5. The van der Waals surface area contributed by atoms with Gasteiger partial charge in [0.25, 0.3) is 5.91 Å². The van der Waals surface area contributed by atoms with Crippen molar-refractivity contribution in [2.45, 2.75) is 26.2 Å². The molecule has 1 aromatic heterocycles. The van der Waals surface area contributed by atoms with Crippen molar-refractivity contribution in [3.8, 4) is 0 Å². The Morgan fingerprint density at radius 3 is 2.89 bits per heavy atom. The molecule has 1 saturated heterocycles. The van der Waals surface area contributed by atoms with Gasteiger partial charge in [0.15, 0.2) is 0 Å². The fourth-order valence-corrected chi connectivity index (χ4v) is 2.29. The summed E-state index contributed by atoms with van der Waals surface area (Å²) < 4.78 is 0. The van der Waals surface area contributed by atoms with Crippen LogP contribution in [0.1, 0.15) is 35.8 Å². The molecule has 0 unspecified atom stereocenters. The zero-order valence-corrected chi connectivity index (χ0v) is 10.9. The predicted octanol–water partition coefficient (Wildman–Crippen LogP) is 1.45. The standard InChI is InChI=1S/C14H21N3O/c1-11-4-8-17(9-5-11)14(18)12-3-7-16-13(10-12)2-6-15/h3,7,10-11H,2,4-6,8-9,15H2,1H3. The fourth-order valence-electron chi connectivity index (χ4n) is 2.29. The molecule has 0 saturated carbocycles. The van der Waals surface area contributed by atoms with Gasteiger partial charge in [-0.1, -0.05) is 6.92 Å². The monoisotopic (exact) mass is 247 g/mol. The highest BCUT2D eigenvalue weighted by Crippen LogP contribution is 2.18. The maximum absolute atomic E-state index is 12.3. The van der Waals surface area contributed by atoms with Crippen LogP contribution in [0.4, 0.5) is 0 Å². The third-order valence-corrected chi connectivity index (χ3v) is 3.53. The number of carbonyl (C=O) groups excluding carboxylic acids is 1. The van der Waals surface area contributed by atoms with E-state index in [1.54, 1.807) is 12.3 Å². The maximum atomic E-state index is 12.3. The van der Waals surface area contributed by atoms with Crippen LogP contribution in [0.25, 0.3) is 0 Å². The Morgan fingerprint density at radius 1 is 1.50 bits per heavy atom. The Morgan fingerprint density at radius 2 is 2.22 bits per heavy atom. The number of hydrogen-bond donors (Lipinski definition) is 1. The van der Waals surface area contributed by atoms with Gasteiger partial charge in [0.05, 0.1) is 0 Å². The van der Waals surface area contributed by atoms with Crippen LogP contribution in [0.15, 0.2) is 18.3 Å². The molecule has 1 aliphatic rings. The van der Waals surface area contributed by atoms with Crippen LogP contribution in [0, 0.1) is 5.92 Å². The summed E-state index contributed by atoms with van der Waals surface area (Å²) in [5, 5.41) is 0. The molecule has 4 nitrogen and oxygen atoms in total. The maximum Gasteiger partial charge on any atom is 0.253 e. The average Bonchev–Trinajstić information content (AvgIpc) is 2.39. The first-order valence-electron chi connectivity index (χ1n) is 6.65. The molecule has 0 bridgehead atoms. The van der Waals surface area contributed by atoms with E-state index in [-0.39, 0.29) is 5.91 Å². The number of nitrogens with two attached hydrogens (primary N) is 1. The van der Waals surface area contributed by atoms with E-state index in [2.05, 4.69) is 11.9 Å². The largest absolute Gasteiger partial charge is 0.339 e. The average molecular weight is 247 g/mol. The van der Waals surface area contributed by atoms with Crippen LogP contribution in [0.2, 0.25) is 0 Å². The van der Waals surface area contributed by atoms with Gasteiger partial charge in [-0.2, -0.15) is 0 Å². The van der Waals surface area contributed by atoms with Crippen molar-refractivity contribution in [3.05, 3.63) is 29.6 Å². The van der Waals surface area contributed by atoms with Gasteiger partial charge in [0, 0.05) is 37.0 Å². The molecule has 4 heteroatoms. The Bertz CT molecular complexity index is 411. The van der Waals surface area contributed by atoms with Crippen molar-refractivity contribution in [1.82, 2.24) is 9.88 Å². The molecular weight excluding hydrogens is 226 g/mol. The minimum Gasteiger partial charge on any atom is -0.339 e. The minimum atomic E-state index is 0.127. The first-order chi connectivity index (χ1) is 8.70. The van der Waals surface area contributed by atoms with Gasteiger partial charge in [-0.3, -0.25) is 9.78 Å². The van der Waals surface area contributed by atoms with Crippen LogP contribution in [0.3, 0.4) is 0 Å². The van der Waals surface area contributed by atoms with Crippen molar-refractivity contribution >= 4 is 5.91 Å². The Labute approximate surface area is 108 Å². The molecule has 0 atom stereocenters. The van der Waals surface area contributed by atoms with E-state index in [0.717, 1.165) is 49.5 Å². The number of nitrogens with zero attached hydrogens (tertiary/aromatic N) is 2. The highest BCUT2D eigenvalue weighted by atomic mass is 16.2. The molecule has 2 N–H and O–H groups in total. The van der Waals surface area contributed by atoms with Crippen molar-refractivity contribution in [1.29, 1.82) is 0 Å². The van der Waals surface area contributed by atoms with Crippen LogP contribution in [-0.4, -0.2) is 35.4 Å². The summed E-state index contributed by atoms with van der Waals surface area (Å²) in [7, 11) is 0. The molecule has 2 heterocycles. The van der Waals surface area contributed by atoms with Gasteiger partial charge in [0.1, 0.15) is 0 Å². The SMILES string of the molecule is CC1CCN(C(=O)c2ccnc(CCN)c2)CC1. The van der Waals surface area contributed by atoms with E-state index in [4.69, 9.17) is 5.73 Å². The third-order valence-electron chi connectivity index (χ3n) is 3.53.